The number of nitrogens with zero attached hydrogens (tertiary/aromatic N) is 5. The van der Waals surface area contributed by atoms with E-state index in [-0.39, 0.29) is 5.91 Å². The molecule has 2 rings (SSSR count). The van der Waals surface area contributed by atoms with Crippen molar-refractivity contribution in [2.75, 3.05) is 50.1 Å². The lowest BCUT2D eigenvalue weighted by molar-refractivity contribution is -0.131. The summed E-state index contributed by atoms with van der Waals surface area (Å²) in [7, 11) is 3.98. The van der Waals surface area contributed by atoms with Gasteiger partial charge in [0.2, 0.25) is 5.91 Å². The summed E-state index contributed by atoms with van der Waals surface area (Å²) in [6.45, 7) is 5.31. The van der Waals surface area contributed by atoms with Gasteiger partial charge in [0.05, 0.1) is 11.9 Å². The zero-order valence-corrected chi connectivity index (χ0v) is 13.2. The van der Waals surface area contributed by atoms with E-state index in [1.54, 1.807) is 6.20 Å². The molecule has 0 aliphatic carbocycles. The zero-order valence-electron chi connectivity index (χ0n) is 13.2. The molecule has 1 aromatic heterocycles. The van der Waals surface area contributed by atoms with E-state index >= 15 is 0 Å². The molecule has 21 heavy (non-hydrogen) atoms. The van der Waals surface area contributed by atoms with Gasteiger partial charge in [-0.05, 0) is 6.42 Å². The third-order valence-corrected chi connectivity index (χ3v) is 3.84. The topological polar surface area (TPSA) is 52.6 Å². The second-order valence-corrected chi connectivity index (χ2v) is 5.64. The minimum atomic E-state index is 0.282. The molecule has 1 aliphatic heterocycles. The molecular weight excluding hydrogens is 266 g/mol. The van der Waals surface area contributed by atoms with Gasteiger partial charge in [0, 0.05) is 52.8 Å². The molecule has 0 aromatic carbocycles. The Bertz CT molecular complexity index is 469. The Morgan fingerprint density at radius 3 is 2.62 bits per heavy atom. The first-order chi connectivity index (χ1) is 10.1. The van der Waals surface area contributed by atoms with Gasteiger partial charge in [-0.1, -0.05) is 13.3 Å². The van der Waals surface area contributed by atoms with Crippen LogP contribution in [0.1, 0.15) is 26.2 Å². The van der Waals surface area contributed by atoms with E-state index in [1.807, 2.05) is 30.0 Å². The summed E-state index contributed by atoms with van der Waals surface area (Å²) >= 11 is 0. The maximum atomic E-state index is 12.0. The Balaban J connectivity index is 1.92. The van der Waals surface area contributed by atoms with Crippen LogP contribution in [0.4, 0.5) is 11.5 Å². The van der Waals surface area contributed by atoms with Gasteiger partial charge in [0.15, 0.2) is 5.82 Å². The van der Waals surface area contributed by atoms with Crippen molar-refractivity contribution in [3.8, 4) is 0 Å². The highest BCUT2D eigenvalue weighted by Crippen LogP contribution is 2.18. The first kappa shape index (κ1) is 15.5. The monoisotopic (exact) mass is 291 g/mol. The average molecular weight is 291 g/mol. The second-order valence-electron chi connectivity index (χ2n) is 5.64. The molecule has 0 radical (unpaired) electrons. The van der Waals surface area contributed by atoms with Crippen LogP contribution in [0.3, 0.4) is 0 Å². The fraction of sp³-hybridized carbons (Fsp3) is 0.667. The van der Waals surface area contributed by atoms with E-state index in [0.29, 0.717) is 6.42 Å². The number of anilines is 2. The fourth-order valence-corrected chi connectivity index (χ4v) is 2.42. The van der Waals surface area contributed by atoms with Gasteiger partial charge >= 0.3 is 0 Å². The number of carbonyl (C=O) groups excluding carboxylic acids is 1. The van der Waals surface area contributed by atoms with Crippen molar-refractivity contribution in [2.24, 2.45) is 0 Å². The van der Waals surface area contributed by atoms with Gasteiger partial charge in [0.1, 0.15) is 0 Å². The van der Waals surface area contributed by atoms with E-state index in [0.717, 1.165) is 50.5 Å². The van der Waals surface area contributed by atoms with Crippen LogP contribution in [-0.2, 0) is 4.79 Å². The molecule has 1 saturated heterocycles. The average Bonchev–Trinajstić information content (AvgIpc) is 2.53. The van der Waals surface area contributed by atoms with Gasteiger partial charge in [-0.2, -0.15) is 5.10 Å². The third kappa shape index (κ3) is 4.06. The predicted octanol–water partition coefficient (Wildman–Crippen LogP) is 1.38. The molecule has 1 amide bonds. The molecule has 0 N–H and O–H groups in total. The number of unbranched alkanes of at least 4 members (excludes halogenated alkanes) is 1. The lowest BCUT2D eigenvalue weighted by Gasteiger charge is -2.35. The van der Waals surface area contributed by atoms with Crippen LogP contribution < -0.4 is 9.80 Å². The lowest BCUT2D eigenvalue weighted by Crippen LogP contribution is -2.49. The van der Waals surface area contributed by atoms with Crippen LogP contribution in [0.15, 0.2) is 12.3 Å². The van der Waals surface area contributed by atoms with Crippen molar-refractivity contribution < 1.29 is 4.79 Å². The van der Waals surface area contributed by atoms with Gasteiger partial charge < -0.3 is 14.7 Å². The number of amides is 1. The molecule has 6 nitrogen and oxygen atoms in total. The fourth-order valence-electron chi connectivity index (χ4n) is 2.42. The SMILES string of the molecule is CCCCC(=O)N1CCN(c2cc(N(C)C)cnn2)CC1. The molecule has 1 aliphatic rings. The number of hydrogen-bond donors (Lipinski definition) is 0. The van der Waals surface area contributed by atoms with E-state index in [9.17, 15) is 4.79 Å². The molecule has 0 saturated carbocycles. The lowest BCUT2D eigenvalue weighted by atomic mass is 10.2. The molecule has 0 spiro atoms. The standard InChI is InChI=1S/C15H25N5O/c1-4-5-6-15(21)20-9-7-19(8-10-20)14-11-13(18(2)3)12-16-17-14/h11-12H,4-10H2,1-3H3. The summed E-state index contributed by atoms with van der Waals surface area (Å²) in [6, 6.07) is 2.04. The maximum Gasteiger partial charge on any atom is 0.222 e. The van der Waals surface area contributed by atoms with Gasteiger partial charge in [0.25, 0.3) is 0 Å². The van der Waals surface area contributed by atoms with Crippen molar-refractivity contribution in [2.45, 2.75) is 26.2 Å². The Kier molecular flexibility index (Phi) is 5.36. The molecule has 116 valence electrons. The number of carbonyl (C=O) groups is 1. The van der Waals surface area contributed by atoms with E-state index < -0.39 is 0 Å². The molecule has 1 fully saturated rings. The quantitative estimate of drug-likeness (QED) is 0.820. The summed E-state index contributed by atoms with van der Waals surface area (Å²) in [6.07, 6.45) is 4.48. The Labute approximate surface area is 126 Å². The van der Waals surface area contributed by atoms with E-state index in [1.165, 1.54) is 0 Å². The van der Waals surface area contributed by atoms with Crippen LogP contribution in [0.5, 0.6) is 0 Å². The summed E-state index contributed by atoms with van der Waals surface area (Å²) < 4.78 is 0. The first-order valence-corrected chi connectivity index (χ1v) is 7.64. The summed E-state index contributed by atoms with van der Waals surface area (Å²) in [5.74, 6) is 1.17. The van der Waals surface area contributed by atoms with Crippen molar-refractivity contribution >= 4 is 17.4 Å². The van der Waals surface area contributed by atoms with Crippen LogP contribution in [0.25, 0.3) is 0 Å². The molecular formula is C15H25N5O. The van der Waals surface area contributed by atoms with Crippen molar-refractivity contribution in [3.63, 3.8) is 0 Å². The maximum absolute atomic E-state index is 12.0. The minimum Gasteiger partial charge on any atom is -0.376 e. The number of rotatable bonds is 5. The van der Waals surface area contributed by atoms with Gasteiger partial charge in [-0.3, -0.25) is 4.79 Å². The molecule has 1 aromatic rings. The van der Waals surface area contributed by atoms with Crippen LogP contribution in [0, 0.1) is 0 Å². The molecule has 0 bridgehead atoms. The predicted molar refractivity (Wildman–Crippen MR) is 84.7 cm³/mol. The highest BCUT2D eigenvalue weighted by atomic mass is 16.2. The number of piperazine rings is 1. The number of aromatic nitrogens is 2. The van der Waals surface area contributed by atoms with Crippen molar-refractivity contribution in [1.82, 2.24) is 15.1 Å². The molecule has 0 atom stereocenters. The highest BCUT2D eigenvalue weighted by molar-refractivity contribution is 5.76. The molecule has 0 unspecified atom stereocenters. The van der Waals surface area contributed by atoms with Crippen molar-refractivity contribution in [1.29, 1.82) is 0 Å². The van der Waals surface area contributed by atoms with Gasteiger partial charge in [-0.25, -0.2) is 0 Å². The first-order valence-electron chi connectivity index (χ1n) is 7.64. The van der Waals surface area contributed by atoms with Crippen LogP contribution >= 0.6 is 0 Å². The summed E-state index contributed by atoms with van der Waals surface area (Å²) in [5, 5.41) is 8.27. The zero-order chi connectivity index (χ0) is 15.2. The normalized spacial score (nSPS) is 15.2. The van der Waals surface area contributed by atoms with Crippen LogP contribution in [0.2, 0.25) is 0 Å². The van der Waals surface area contributed by atoms with E-state index in [4.69, 9.17) is 0 Å². The highest BCUT2D eigenvalue weighted by Gasteiger charge is 2.21. The smallest absolute Gasteiger partial charge is 0.222 e. The van der Waals surface area contributed by atoms with Crippen molar-refractivity contribution in [3.05, 3.63) is 12.3 Å². The Hall–Kier alpha value is -1.85. The van der Waals surface area contributed by atoms with Gasteiger partial charge in [-0.15, -0.1) is 5.10 Å². The second kappa shape index (κ2) is 7.24. The Morgan fingerprint density at radius 1 is 1.29 bits per heavy atom. The largest absolute Gasteiger partial charge is 0.376 e. The summed E-state index contributed by atoms with van der Waals surface area (Å²) in [4.78, 5) is 18.2. The molecule has 2 heterocycles. The number of hydrogen-bond acceptors (Lipinski definition) is 5. The summed E-state index contributed by atoms with van der Waals surface area (Å²) in [5.41, 5.74) is 1.04. The van der Waals surface area contributed by atoms with E-state index in [2.05, 4.69) is 22.0 Å². The Morgan fingerprint density at radius 2 is 2.00 bits per heavy atom. The van der Waals surface area contributed by atoms with Crippen LogP contribution in [-0.4, -0.2) is 61.3 Å². The molecule has 6 heteroatoms. The minimum absolute atomic E-state index is 0.282. The third-order valence-electron chi connectivity index (χ3n) is 3.84.